The van der Waals surface area contributed by atoms with Gasteiger partial charge < -0.3 is 15.0 Å². The molecule has 3 rings (SSSR count). The van der Waals surface area contributed by atoms with Crippen LogP contribution in [0.15, 0.2) is 35.2 Å². The summed E-state index contributed by atoms with van der Waals surface area (Å²) in [6.45, 7) is 4.15. The van der Waals surface area contributed by atoms with Crippen molar-refractivity contribution in [1.29, 1.82) is 0 Å². The van der Waals surface area contributed by atoms with E-state index in [-0.39, 0.29) is 0 Å². The van der Waals surface area contributed by atoms with Crippen LogP contribution in [0.25, 0.3) is 5.65 Å². The molecular weight excluding hydrogens is 330 g/mol. The molecule has 2 heterocycles. The molecule has 108 valence electrons. The van der Waals surface area contributed by atoms with Crippen LogP contribution >= 0.6 is 15.9 Å². The van der Waals surface area contributed by atoms with Gasteiger partial charge in [0.1, 0.15) is 5.82 Å². The first-order valence-electron chi connectivity index (χ1n) is 6.63. The first kappa shape index (κ1) is 13.9. The monoisotopic (exact) mass is 345 g/mol. The van der Waals surface area contributed by atoms with Gasteiger partial charge in [-0.15, -0.1) is 0 Å². The van der Waals surface area contributed by atoms with Crippen molar-refractivity contribution >= 4 is 38.9 Å². The number of hydrogen-bond acceptors (Lipinski definition) is 4. The van der Waals surface area contributed by atoms with Gasteiger partial charge in [-0.2, -0.15) is 0 Å². The Morgan fingerprint density at radius 3 is 2.57 bits per heavy atom. The van der Waals surface area contributed by atoms with Crippen LogP contribution in [0.5, 0.6) is 0 Å². The number of aryl methyl sites for hydroxylation is 2. The van der Waals surface area contributed by atoms with E-state index in [1.807, 2.05) is 23.8 Å². The van der Waals surface area contributed by atoms with Crippen LogP contribution in [0.3, 0.4) is 0 Å². The van der Waals surface area contributed by atoms with Gasteiger partial charge in [-0.3, -0.25) is 0 Å². The summed E-state index contributed by atoms with van der Waals surface area (Å²) < 4.78 is 3.08. The Bertz CT molecular complexity index is 786. The minimum atomic E-state index is 0.730. The van der Waals surface area contributed by atoms with Crippen molar-refractivity contribution in [1.82, 2.24) is 14.4 Å². The van der Waals surface area contributed by atoms with E-state index in [0.29, 0.717) is 0 Å². The summed E-state index contributed by atoms with van der Waals surface area (Å²) in [5, 5.41) is 6.42. The highest BCUT2D eigenvalue weighted by Crippen LogP contribution is 2.28. The average molecular weight is 346 g/mol. The summed E-state index contributed by atoms with van der Waals surface area (Å²) in [5.74, 6) is 1.52. The lowest BCUT2D eigenvalue weighted by Gasteiger charge is -2.12. The zero-order valence-corrected chi connectivity index (χ0v) is 13.7. The van der Waals surface area contributed by atoms with Crippen molar-refractivity contribution in [2.45, 2.75) is 13.8 Å². The van der Waals surface area contributed by atoms with Gasteiger partial charge in [-0.05, 0) is 37.1 Å². The molecule has 0 saturated heterocycles. The lowest BCUT2D eigenvalue weighted by molar-refractivity contribution is 1.12. The Kier molecular flexibility index (Phi) is 3.55. The maximum Gasteiger partial charge on any atom is 0.180 e. The fourth-order valence-corrected chi connectivity index (χ4v) is 2.52. The molecule has 1 aromatic carbocycles. The van der Waals surface area contributed by atoms with E-state index in [9.17, 15) is 0 Å². The third-order valence-corrected chi connectivity index (χ3v) is 4.58. The first-order valence-corrected chi connectivity index (χ1v) is 7.43. The van der Waals surface area contributed by atoms with E-state index in [2.05, 4.69) is 62.5 Å². The third kappa shape index (κ3) is 2.58. The predicted molar refractivity (Wildman–Crippen MR) is 89.4 cm³/mol. The number of hydrogen-bond donors (Lipinski definition) is 2. The van der Waals surface area contributed by atoms with Crippen LogP contribution < -0.4 is 10.6 Å². The minimum absolute atomic E-state index is 0.730. The molecule has 0 aliphatic carbocycles. The summed E-state index contributed by atoms with van der Waals surface area (Å²) in [5.41, 5.74) is 4.16. The second-order valence-electron chi connectivity index (χ2n) is 4.93. The maximum atomic E-state index is 4.55. The quantitative estimate of drug-likeness (QED) is 0.755. The average Bonchev–Trinajstić information content (AvgIpc) is 2.93. The topological polar surface area (TPSA) is 54.2 Å². The highest BCUT2D eigenvalue weighted by Gasteiger charge is 2.09. The van der Waals surface area contributed by atoms with Gasteiger partial charge in [0.05, 0.1) is 6.20 Å². The normalized spacial score (nSPS) is 10.9. The first-order chi connectivity index (χ1) is 10.1. The van der Waals surface area contributed by atoms with Crippen LogP contribution in [-0.4, -0.2) is 21.4 Å². The minimum Gasteiger partial charge on any atom is -0.372 e. The van der Waals surface area contributed by atoms with Crippen LogP contribution in [-0.2, 0) is 0 Å². The van der Waals surface area contributed by atoms with Gasteiger partial charge in [0.25, 0.3) is 0 Å². The van der Waals surface area contributed by atoms with Gasteiger partial charge in [0.15, 0.2) is 11.5 Å². The molecule has 0 saturated carbocycles. The molecule has 0 unspecified atom stereocenters. The number of nitrogens with zero attached hydrogens (tertiary/aromatic N) is 3. The van der Waals surface area contributed by atoms with Crippen molar-refractivity contribution < 1.29 is 0 Å². The van der Waals surface area contributed by atoms with E-state index in [1.165, 1.54) is 11.1 Å². The zero-order chi connectivity index (χ0) is 15.0. The summed E-state index contributed by atoms with van der Waals surface area (Å²) in [7, 11) is 1.85. The largest absolute Gasteiger partial charge is 0.372 e. The lowest BCUT2D eigenvalue weighted by Crippen LogP contribution is -2.02. The van der Waals surface area contributed by atoms with Crippen molar-refractivity contribution in [2.75, 3.05) is 17.7 Å². The molecule has 0 spiro atoms. The number of benzene rings is 1. The Morgan fingerprint density at radius 1 is 1.19 bits per heavy atom. The molecule has 2 N–H and O–H groups in total. The standard InChI is InChI=1S/C15H16BrN5/c1-9-6-11(7-10(2)13(9)16)19-14-15-18-4-5-21(15)8-12(17-3)20-14/h4-8,17H,1-3H3,(H,19,20). The number of halogens is 1. The molecule has 5 nitrogen and oxygen atoms in total. The number of aromatic nitrogens is 3. The molecule has 3 aromatic rings. The maximum absolute atomic E-state index is 4.55. The Balaban J connectivity index is 2.07. The van der Waals surface area contributed by atoms with Crippen molar-refractivity contribution in [3.8, 4) is 0 Å². The van der Waals surface area contributed by atoms with Crippen molar-refractivity contribution in [3.63, 3.8) is 0 Å². The molecule has 0 aliphatic heterocycles. The lowest BCUT2D eigenvalue weighted by atomic mass is 10.1. The van der Waals surface area contributed by atoms with Crippen molar-refractivity contribution in [3.05, 3.63) is 46.3 Å². The van der Waals surface area contributed by atoms with Gasteiger partial charge in [-0.1, -0.05) is 15.9 Å². The summed E-state index contributed by atoms with van der Waals surface area (Å²) >= 11 is 3.59. The number of fused-ring (bicyclic) bond motifs is 1. The van der Waals surface area contributed by atoms with E-state index in [0.717, 1.165) is 27.4 Å². The van der Waals surface area contributed by atoms with E-state index in [4.69, 9.17) is 0 Å². The van der Waals surface area contributed by atoms with E-state index >= 15 is 0 Å². The number of anilines is 3. The molecular formula is C15H16BrN5. The second kappa shape index (κ2) is 5.37. The molecule has 21 heavy (non-hydrogen) atoms. The van der Waals surface area contributed by atoms with Gasteiger partial charge >= 0.3 is 0 Å². The van der Waals surface area contributed by atoms with Crippen LogP contribution in [0.4, 0.5) is 17.3 Å². The van der Waals surface area contributed by atoms with Crippen LogP contribution in [0.1, 0.15) is 11.1 Å². The number of imidazole rings is 1. The number of rotatable bonds is 3. The van der Waals surface area contributed by atoms with Gasteiger partial charge in [0.2, 0.25) is 0 Å². The molecule has 0 bridgehead atoms. The predicted octanol–water partition coefficient (Wildman–Crippen LogP) is 3.89. The second-order valence-corrected chi connectivity index (χ2v) is 5.72. The van der Waals surface area contributed by atoms with Crippen LogP contribution in [0, 0.1) is 13.8 Å². The van der Waals surface area contributed by atoms with Crippen molar-refractivity contribution in [2.24, 2.45) is 0 Å². The molecule has 0 radical (unpaired) electrons. The number of nitrogens with one attached hydrogen (secondary N) is 2. The molecule has 0 aliphatic rings. The Hall–Kier alpha value is -2.08. The molecule has 0 fully saturated rings. The fourth-order valence-electron chi connectivity index (χ4n) is 2.29. The summed E-state index contributed by atoms with van der Waals surface area (Å²) in [4.78, 5) is 8.90. The third-order valence-electron chi connectivity index (χ3n) is 3.33. The van der Waals surface area contributed by atoms with Gasteiger partial charge in [-0.25, -0.2) is 9.97 Å². The molecule has 6 heteroatoms. The smallest absolute Gasteiger partial charge is 0.180 e. The molecule has 2 aromatic heterocycles. The molecule has 0 amide bonds. The van der Waals surface area contributed by atoms with Gasteiger partial charge in [0, 0.05) is 29.6 Å². The summed E-state index contributed by atoms with van der Waals surface area (Å²) in [6.07, 6.45) is 5.58. The summed E-state index contributed by atoms with van der Waals surface area (Å²) in [6, 6.07) is 4.18. The Labute approximate surface area is 131 Å². The molecule has 0 atom stereocenters. The highest BCUT2D eigenvalue weighted by molar-refractivity contribution is 9.10. The zero-order valence-electron chi connectivity index (χ0n) is 12.1. The fraction of sp³-hybridized carbons (Fsp3) is 0.200. The SMILES string of the molecule is CNc1cn2ccnc2c(Nc2cc(C)c(Br)c(C)c2)n1. The van der Waals surface area contributed by atoms with Crippen LogP contribution in [0.2, 0.25) is 0 Å². The Morgan fingerprint density at radius 2 is 1.90 bits per heavy atom. The highest BCUT2D eigenvalue weighted by atomic mass is 79.9. The van der Waals surface area contributed by atoms with E-state index in [1.54, 1.807) is 6.20 Å². The van der Waals surface area contributed by atoms with E-state index < -0.39 is 0 Å².